The van der Waals surface area contributed by atoms with Crippen molar-refractivity contribution in [2.75, 3.05) is 26.2 Å². The first-order valence-corrected chi connectivity index (χ1v) is 12.4. The number of fused-ring (bicyclic) bond motifs is 1. The van der Waals surface area contributed by atoms with Crippen molar-refractivity contribution in [3.05, 3.63) is 34.9 Å². The fourth-order valence-corrected chi connectivity index (χ4v) is 5.98. The van der Waals surface area contributed by atoms with E-state index in [-0.39, 0.29) is 5.54 Å². The summed E-state index contributed by atoms with van der Waals surface area (Å²) in [5.41, 5.74) is 4.42. The van der Waals surface area contributed by atoms with Crippen molar-refractivity contribution in [2.24, 2.45) is 0 Å². The molecular formula is C25H34F3N3O2. The van der Waals surface area contributed by atoms with Gasteiger partial charge in [-0.25, -0.2) is 4.79 Å². The maximum absolute atomic E-state index is 12.8. The number of hydrogen-bond acceptors (Lipinski definition) is 4. The number of piperidine rings is 1. The second-order valence-corrected chi connectivity index (χ2v) is 10.3. The Morgan fingerprint density at radius 2 is 1.91 bits per heavy atom. The molecular weight excluding hydrogens is 431 g/mol. The first kappa shape index (κ1) is 23.0. The standard InChI is InChI=1S/C25H34F3N3O2/c1-18(25(26,27)28)33-23(32)29-14-10-24(11-15-29)9-3-12-31(24)16-20-5-2-4-19-8-13-30(17-22(19)20)21-6-7-21/h2,4-5,18,21H,3,6-17H2,1H3. The zero-order valence-corrected chi connectivity index (χ0v) is 19.4. The molecule has 0 bridgehead atoms. The Balaban J connectivity index is 1.23. The van der Waals surface area contributed by atoms with Crippen LogP contribution in [0.4, 0.5) is 18.0 Å². The number of hydrogen-bond donors (Lipinski definition) is 0. The van der Waals surface area contributed by atoms with Crippen LogP contribution < -0.4 is 0 Å². The average molecular weight is 466 g/mol. The van der Waals surface area contributed by atoms with Gasteiger partial charge in [0.05, 0.1) is 0 Å². The van der Waals surface area contributed by atoms with Crippen LogP contribution in [0, 0.1) is 0 Å². The van der Waals surface area contributed by atoms with Crippen molar-refractivity contribution in [1.82, 2.24) is 14.7 Å². The van der Waals surface area contributed by atoms with Crippen molar-refractivity contribution >= 4 is 6.09 Å². The van der Waals surface area contributed by atoms with Crippen LogP contribution in [0.5, 0.6) is 0 Å². The summed E-state index contributed by atoms with van der Waals surface area (Å²) in [6.45, 7) is 5.93. The highest BCUT2D eigenvalue weighted by molar-refractivity contribution is 5.68. The Labute approximate surface area is 193 Å². The molecule has 2 saturated heterocycles. The molecule has 1 spiro atoms. The molecule has 8 heteroatoms. The third-order valence-electron chi connectivity index (χ3n) is 8.26. The second kappa shape index (κ2) is 8.77. The molecule has 5 rings (SSSR count). The molecule has 182 valence electrons. The topological polar surface area (TPSA) is 36.0 Å². The molecule has 33 heavy (non-hydrogen) atoms. The van der Waals surface area contributed by atoms with Gasteiger partial charge in [0.1, 0.15) is 0 Å². The van der Waals surface area contributed by atoms with Crippen LogP contribution in [0.2, 0.25) is 0 Å². The summed E-state index contributed by atoms with van der Waals surface area (Å²) in [6.07, 6.45) is 0.0893. The molecule has 5 nitrogen and oxygen atoms in total. The Morgan fingerprint density at radius 1 is 1.15 bits per heavy atom. The van der Waals surface area contributed by atoms with Crippen LogP contribution in [-0.2, 0) is 24.2 Å². The van der Waals surface area contributed by atoms with Crippen LogP contribution in [0.1, 0.15) is 62.1 Å². The summed E-state index contributed by atoms with van der Waals surface area (Å²) in [4.78, 5) is 18.9. The molecule has 0 N–H and O–H groups in total. The van der Waals surface area contributed by atoms with Gasteiger partial charge in [-0.15, -0.1) is 0 Å². The van der Waals surface area contributed by atoms with Gasteiger partial charge < -0.3 is 9.64 Å². The molecule has 1 saturated carbocycles. The lowest BCUT2D eigenvalue weighted by Gasteiger charge is -2.45. The van der Waals surface area contributed by atoms with Gasteiger partial charge in [0.15, 0.2) is 6.10 Å². The number of halogens is 3. The first-order chi connectivity index (χ1) is 15.7. The molecule has 0 aromatic heterocycles. The summed E-state index contributed by atoms with van der Waals surface area (Å²) in [6, 6.07) is 7.50. The number of likely N-dealkylation sites (tertiary alicyclic amines) is 2. The fourth-order valence-electron chi connectivity index (χ4n) is 5.98. The predicted octanol–water partition coefficient (Wildman–Crippen LogP) is 4.72. The largest absolute Gasteiger partial charge is 0.437 e. The predicted molar refractivity (Wildman–Crippen MR) is 119 cm³/mol. The van der Waals surface area contributed by atoms with E-state index in [9.17, 15) is 18.0 Å². The van der Waals surface area contributed by atoms with Gasteiger partial charge in [0.2, 0.25) is 0 Å². The van der Waals surface area contributed by atoms with E-state index >= 15 is 0 Å². The Hall–Kier alpha value is -1.80. The van der Waals surface area contributed by atoms with Gasteiger partial charge in [-0.1, -0.05) is 18.2 Å². The normalized spacial score (nSPS) is 24.7. The molecule has 0 radical (unpaired) electrons. The minimum atomic E-state index is -4.53. The molecule has 1 aromatic rings. The van der Waals surface area contributed by atoms with Crippen molar-refractivity contribution in [2.45, 2.75) is 88.8 Å². The molecule has 1 aromatic carbocycles. The molecule has 3 aliphatic heterocycles. The Kier molecular flexibility index (Phi) is 6.10. The van der Waals surface area contributed by atoms with Crippen LogP contribution in [0.15, 0.2) is 18.2 Å². The van der Waals surface area contributed by atoms with Gasteiger partial charge in [0, 0.05) is 44.3 Å². The maximum Gasteiger partial charge on any atom is 0.425 e. The molecule has 1 atom stereocenters. The molecule has 1 unspecified atom stereocenters. The smallest absolute Gasteiger partial charge is 0.425 e. The van der Waals surface area contributed by atoms with Crippen molar-refractivity contribution in [3.63, 3.8) is 0 Å². The lowest BCUT2D eigenvalue weighted by molar-refractivity contribution is -0.200. The monoisotopic (exact) mass is 465 g/mol. The van der Waals surface area contributed by atoms with Crippen LogP contribution in [0.3, 0.4) is 0 Å². The lowest BCUT2D eigenvalue weighted by Crippen LogP contribution is -2.53. The summed E-state index contributed by atoms with van der Waals surface area (Å²) in [5, 5.41) is 0. The second-order valence-electron chi connectivity index (χ2n) is 10.3. The minimum Gasteiger partial charge on any atom is -0.437 e. The van der Waals surface area contributed by atoms with E-state index in [1.165, 1.54) is 34.4 Å². The van der Waals surface area contributed by atoms with E-state index in [2.05, 4.69) is 32.7 Å². The minimum absolute atomic E-state index is 0.0278. The number of carbonyl (C=O) groups is 1. The van der Waals surface area contributed by atoms with Crippen LogP contribution in [-0.4, -0.2) is 70.8 Å². The lowest BCUT2D eigenvalue weighted by atomic mass is 9.84. The number of alkyl halides is 3. The van der Waals surface area contributed by atoms with Gasteiger partial charge >= 0.3 is 12.3 Å². The summed E-state index contributed by atoms with van der Waals surface area (Å²) in [7, 11) is 0. The molecule has 1 amide bonds. The third kappa shape index (κ3) is 4.74. The Bertz CT molecular complexity index is 878. The highest BCUT2D eigenvalue weighted by atomic mass is 19.4. The van der Waals surface area contributed by atoms with E-state index in [0.717, 1.165) is 71.2 Å². The van der Waals surface area contributed by atoms with Gasteiger partial charge in [-0.2, -0.15) is 13.2 Å². The zero-order chi connectivity index (χ0) is 23.2. The highest BCUT2D eigenvalue weighted by Crippen LogP contribution is 2.41. The Morgan fingerprint density at radius 3 is 2.61 bits per heavy atom. The quantitative estimate of drug-likeness (QED) is 0.645. The number of amides is 1. The SMILES string of the molecule is CC(OC(=O)N1CCC2(CCCN2Cc2cccc3c2CN(C2CC2)CC3)CC1)C(F)(F)F. The van der Waals surface area contributed by atoms with E-state index < -0.39 is 18.4 Å². The number of ether oxygens (including phenoxy) is 1. The zero-order valence-electron chi connectivity index (χ0n) is 19.4. The van der Waals surface area contributed by atoms with E-state index in [1.807, 2.05) is 0 Å². The van der Waals surface area contributed by atoms with Gasteiger partial charge in [0.25, 0.3) is 0 Å². The van der Waals surface area contributed by atoms with Gasteiger partial charge in [-0.05, 0) is 75.1 Å². The third-order valence-corrected chi connectivity index (χ3v) is 8.26. The van der Waals surface area contributed by atoms with Gasteiger partial charge in [-0.3, -0.25) is 9.80 Å². The summed E-state index contributed by atoms with van der Waals surface area (Å²) >= 11 is 0. The summed E-state index contributed by atoms with van der Waals surface area (Å²) in [5.74, 6) is 0. The number of rotatable bonds is 4. The number of benzene rings is 1. The molecule has 4 aliphatic rings. The molecule has 1 aliphatic carbocycles. The average Bonchev–Trinajstić information content (AvgIpc) is 3.57. The van der Waals surface area contributed by atoms with E-state index in [0.29, 0.717) is 13.1 Å². The van der Waals surface area contributed by atoms with Crippen LogP contribution in [0.25, 0.3) is 0 Å². The number of nitrogens with zero attached hydrogens (tertiary/aromatic N) is 3. The molecule has 3 heterocycles. The van der Waals surface area contributed by atoms with Crippen molar-refractivity contribution < 1.29 is 22.7 Å². The highest BCUT2D eigenvalue weighted by Gasteiger charge is 2.45. The van der Waals surface area contributed by atoms with Crippen LogP contribution >= 0.6 is 0 Å². The fraction of sp³-hybridized carbons (Fsp3) is 0.720. The summed E-state index contributed by atoms with van der Waals surface area (Å²) < 4.78 is 43.0. The first-order valence-electron chi connectivity index (χ1n) is 12.4. The van der Waals surface area contributed by atoms with Crippen molar-refractivity contribution in [3.8, 4) is 0 Å². The maximum atomic E-state index is 12.8. The number of carbonyl (C=O) groups excluding carboxylic acids is 1. The van der Waals surface area contributed by atoms with Crippen molar-refractivity contribution in [1.29, 1.82) is 0 Å². The van der Waals surface area contributed by atoms with E-state index in [4.69, 9.17) is 0 Å². The molecule has 3 fully saturated rings. The van der Waals surface area contributed by atoms with E-state index in [1.54, 1.807) is 0 Å².